The molecule has 0 unspecified atom stereocenters. The maximum atomic E-state index is 10.8. The number of rotatable bonds is 3. The van der Waals surface area contributed by atoms with E-state index in [4.69, 9.17) is 16.7 Å². The fourth-order valence-electron chi connectivity index (χ4n) is 2.15. The fourth-order valence-corrected chi connectivity index (χ4v) is 2.32. The minimum Gasteiger partial charge on any atom is -0.478 e. The molecule has 0 radical (unpaired) electrons. The number of pyridine rings is 1. The number of nitrogens with zero attached hydrogens (tertiary/aromatic N) is 2. The summed E-state index contributed by atoms with van der Waals surface area (Å²) in [6.45, 7) is 0. The molecule has 0 fully saturated rings. The van der Waals surface area contributed by atoms with E-state index in [9.17, 15) is 4.79 Å². The Labute approximate surface area is 125 Å². The Kier molecular flexibility index (Phi) is 3.46. The summed E-state index contributed by atoms with van der Waals surface area (Å²) in [4.78, 5) is 15.4. The van der Waals surface area contributed by atoms with Gasteiger partial charge < -0.3 is 5.11 Å². The van der Waals surface area contributed by atoms with Gasteiger partial charge in [0.2, 0.25) is 0 Å². The summed E-state index contributed by atoms with van der Waals surface area (Å²) < 4.78 is 1.78. The Bertz CT molecular complexity index is 838. The third kappa shape index (κ3) is 2.66. The third-order valence-electron chi connectivity index (χ3n) is 3.05. The van der Waals surface area contributed by atoms with Gasteiger partial charge in [0.05, 0.1) is 16.4 Å². The highest BCUT2D eigenvalue weighted by molar-refractivity contribution is 6.30. The average molecular weight is 299 g/mol. The molecule has 2 aromatic heterocycles. The number of aromatic nitrogens is 2. The summed E-state index contributed by atoms with van der Waals surface area (Å²) in [6, 6.07) is 13.2. The smallest absolute Gasteiger partial charge is 0.328 e. The molecule has 0 saturated heterocycles. The van der Waals surface area contributed by atoms with Crippen LogP contribution in [0.4, 0.5) is 0 Å². The second kappa shape index (κ2) is 5.42. The predicted molar refractivity (Wildman–Crippen MR) is 82.3 cm³/mol. The first kappa shape index (κ1) is 13.4. The lowest BCUT2D eigenvalue weighted by Crippen LogP contribution is -1.91. The maximum Gasteiger partial charge on any atom is 0.328 e. The van der Waals surface area contributed by atoms with Crippen molar-refractivity contribution < 1.29 is 9.90 Å². The second-order valence-electron chi connectivity index (χ2n) is 4.46. The number of carboxylic acid groups (broad SMARTS) is 1. The molecule has 3 aromatic rings. The van der Waals surface area contributed by atoms with Crippen molar-refractivity contribution in [3.63, 3.8) is 0 Å². The number of aliphatic carboxylic acids is 1. The predicted octanol–water partition coefficient (Wildman–Crippen LogP) is 3.75. The van der Waals surface area contributed by atoms with Crippen LogP contribution in [0.15, 0.2) is 54.7 Å². The van der Waals surface area contributed by atoms with Gasteiger partial charge in [-0.1, -0.05) is 41.9 Å². The Morgan fingerprint density at radius 2 is 1.95 bits per heavy atom. The van der Waals surface area contributed by atoms with Crippen molar-refractivity contribution in [3.05, 3.63) is 65.5 Å². The number of hydrogen-bond acceptors (Lipinski definition) is 2. The Hall–Kier alpha value is -2.59. The van der Waals surface area contributed by atoms with Gasteiger partial charge in [0.25, 0.3) is 0 Å². The number of benzene rings is 1. The number of halogens is 1. The van der Waals surface area contributed by atoms with Crippen molar-refractivity contribution in [2.75, 3.05) is 0 Å². The molecule has 0 aliphatic heterocycles. The van der Waals surface area contributed by atoms with Crippen molar-refractivity contribution in [2.24, 2.45) is 0 Å². The van der Waals surface area contributed by atoms with E-state index in [1.165, 1.54) is 6.08 Å². The van der Waals surface area contributed by atoms with Gasteiger partial charge >= 0.3 is 5.97 Å². The zero-order valence-corrected chi connectivity index (χ0v) is 11.7. The van der Waals surface area contributed by atoms with Crippen molar-refractivity contribution >= 4 is 29.3 Å². The molecule has 21 heavy (non-hydrogen) atoms. The monoisotopic (exact) mass is 298 g/mol. The highest BCUT2D eigenvalue weighted by Crippen LogP contribution is 2.26. The van der Waals surface area contributed by atoms with Crippen LogP contribution < -0.4 is 0 Å². The average Bonchev–Trinajstić information content (AvgIpc) is 2.84. The van der Waals surface area contributed by atoms with E-state index in [1.54, 1.807) is 22.7 Å². The quantitative estimate of drug-likeness (QED) is 0.749. The van der Waals surface area contributed by atoms with Gasteiger partial charge in [-0.3, -0.25) is 4.40 Å². The second-order valence-corrected chi connectivity index (χ2v) is 4.90. The van der Waals surface area contributed by atoms with Crippen molar-refractivity contribution in [1.29, 1.82) is 0 Å². The van der Waals surface area contributed by atoms with Crippen LogP contribution in [0.5, 0.6) is 0 Å². The molecule has 0 spiro atoms. The molecule has 0 aliphatic carbocycles. The molecule has 0 amide bonds. The number of hydrogen-bond donors (Lipinski definition) is 1. The Morgan fingerprint density at radius 3 is 2.67 bits per heavy atom. The molecule has 0 atom stereocenters. The Balaban J connectivity index is 2.28. The van der Waals surface area contributed by atoms with Crippen LogP contribution in [0.25, 0.3) is 23.0 Å². The van der Waals surface area contributed by atoms with Crippen LogP contribution in [0.1, 0.15) is 5.69 Å². The summed E-state index contributed by atoms with van der Waals surface area (Å²) in [7, 11) is 0. The van der Waals surface area contributed by atoms with Crippen LogP contribution in [0, 0.1) is 0 Å². The van der Waals surface area contributed by atoms with Crippen LogP contribution in [0.3, 0.4) is 0 Å². The number of carboxylic acids is 1. The molecule has 2 heterocycles. The zero-order valence-electron chi connectivity index (χ0n) is 10.9. The van der Waals surface area contributed by atoms with E-state index in [0.717, 1.165) is 17.3 Å². The van der Waals surface area contributed by atoms with E-state index in [-0.39, 0.29) is 0 Å². The topological polar surface area (TPSA) is 54.6 Å². The Morgan fingerprint density at radius 1 is 1.19 bits per heavy atom. The highest BCUT2D eigenvalue weighted by atomic mass is 35.5. The normalized spacial score (nSPS) is 11.3. The van der Waals surface area contributed by atoms with Crippen molar-refractivity contribution in [3.8, 4) is 11.3 Å². The highest BCUT2D eigenvalue weighted by Gasteiger charge is 2.12. The van der Waals surface area contributed by atoms with Crippen molar-refractivity contribution in [1.82, 2.24) is 9.38 Å². The summed E-state index contributed by atoms with van der Waals surface area (Å²) in [5, 5.41) is 9.42. The number of fused-ring (bicyclic) bond motifs is 1. The van der Waals surface area contributed by atoms with E-state index in [1.807, 2.05) is 30.3 Å². The molecule has 1 N–H and O–H groups in total. The minimum atomic E-state index is -1.01. The van der Waals surface area contributed by atoms with Crippen LogP contribution in [-0.4, -0.2) is 20.5 Å². The summed E-state index contributed by atoms with van der Waals surface area (Å²) in [6.07, 6.45) is 4.34. The molecular weight excluding hydrogens is 288 g/mol. The van der Waals surface area contributed by atoms with Gasteiger partial charge in [-0.05, 0) is 18.2 Å². The van der Waals surface area contributed by atoms with E-state index < -0.39 is 5.97 Å². The summed E-state index contributed by atoms with van der Waals surface area (Å²) in [5.41, 5.74) is 3.03. The van der Waals surface area contributed by atoms with Crippen LogP contribution >= 0.6 is 11.6 Å². The summed E-state index contributed by atoms with van der Waals surface area (Å²) >= 11 is 6.02. The van der Waals surface area contributed by atoms with Gasteiger partial charge in [0.1, 0.15) is 5.65 Å². The first-order chi connectivity index (χ1) is 10.1. The van der Waals surface area contributed by atoms with Crippen LogP contribution in [0.2, 0.25) is 5.02 Å². The molecule has 0 bridgehead atoms. The van der Waals surface area contributed by atoms with E-state index in [2.05, 4.69) is 4.98 Å². The maximum absolute atomic E-state index is 10.8. The van der Waals surface area contributed by atoms with Gasteiger partial charge in [0.15, 0.2) is 0 Å². The first-order valence-corrected chi connectivity index (χ1v) is 6.67. The molecular formula is C16H11ClN2O2. The SMILES string of the molecule is O=C(O)/C=C/c1c(-c2ccccc2)nc2ccc(Cl)cn12. The molecule has 4 nitrogen and oxygen atoms in total. The lowest BCUT2D eigenvalue weighted by molar-refractivity contribution is -0.131. The molecule has 0 aliphatic rings. The van der Waals surface area contributed by atoms with Crippen molar-refractivity contribution in [2.45, 2.75) is 0 Å². The molecule has 104 valence electrons. The lowest BCUT2D eigenvalue weighted by Gasteiger charge is -2.00. The number of carbonyl (C=O) groups is 1. The van der Waals surface area contributed by atoms with Crippen LogP contribution in [-0.2, 0) is 4.79 Å². The zero-order chi connectivity index (χ0) is 14.8. The first-order valence-electron chi connectivity index (χ1n) is 6.29. The van der Waals surface area contributed by atoms with Gasteiger partial charge in [0, 0.05) is 17.8 Å². The standard InChI is InChI=1S/C16H11ClN2O2/c17-12-6-8-14-18-16(11-4-2-1-3-5-11)13(19(14)10-12)7-9-15(20)21/h1-10H,(H,20,21)/b9-7+. The molecule has 3 rings (SSSR count). The summed E-state index contributed by atoms with van der Waals surface area (Å²) in [5.74, 6) is -1.01. The van der Waals surface area contributed by atoms with Gasteiger partial charge in [-0.25, -0.2) is 9.78 Å². The fraction of sp³-hybridized carbons (Fsp3) is 0. The largest absolute Gasteiger partial charge is 0.478 e. The lowest BCUT2D eigenvalue weighted by atomic mass is 10.1. The van der Waals surface area contributed by atoms with E-state index in [0.29, 0.717) is 16.4 Å². The van der Waals surface area contributed by atoms with E-state index >= 15 is 0 Å². The number of imidazole rings is 1. The van der Waals surface area contributed by atoms with Gasteiger partial charge in [-0.2, -0.15) is 0 Å². The minimum absolute atomic E-state index is 0.560. The molecule has 0 saturated carbocycles. The molecule has 5 heteroatoms. The third-order valence-corrected chi connectivity index (χ3v) is 3.27. The van der Waals surface area contributed by atoms with Gasteiger partial charge in [-0.15, -0.1) is 0 Å². The molecule has 1 aromatic carbocycles.